The van der Waals surface area contributed by atoms with Crippen LogP contribution in [0.5, 0.6) is 0 Å². The zero-order chi connectivity index (χ0) is 9.97. The quantitative estimate of drug-likeness (QED) is 0.634. The highest BCUT2D eigenvalue weighted by atomic mass is 127. The summed E-state index contributed by atoms with van der Waals surface area (Å²) in [6.45, 7) is 3.59. The monoisotopic (exact) mass is 304 g/mol. The Morgan fingerprint density at radius 2 is 2.00 bits per heavy atom. The van der Waals surface area contributed by atoms with Crippen molar-refractivity contribution in [2.24, 2.45) is 0 Å². The number of ether oxygens (including phenoxy) is 1. The summed E-state index contributed by atoms with van der Waals surface area (Å²) >= 11 is 2.26. The number of morpholine rings is 1. The van der Waals surface area contributed by atoms with Crippen molar-refractivity contribution >= 4 is 34.0 Å². The maximum Gasteiger partial charge on any atom is 0.0642 e. The first kappa shape index (κ1) is 10.0. The summed E-state index contributed by atoms with van der Waals surface area (Å²) < 4.78 is 6.42. The molecule has 0 saturated carbocycles. The van der Waals surface area contributed by atoms with E-state index in [0.29, 0.717) is 0 Å². The second kappa shape index (κ2) is 4.35. The molecule has 1 aliphatic heterocycles. The Morgan fingerprint density at radius 3 is 2.64 bits per heavy atom. The molecule has 3 nitrogen and oxygen atoms in total. The highest BCUT2D eigenvalue weighted by molar-refractivity contribution is 14.1. The fraction of sp³-hybridized carbons (Fsp3) is 0.400. The van der Waals surface area contributed by atoms with E-state index in [0.717, 1.165) is 35.6 Å². The van der Waals surface area contributed by atoms with Gasteiger partial charge in [-0.2, -0.15) is 0 Å². The van der Waals surface area contributed by atoms with E-state index in [1.165, 1.54) is 5.69 Å². The van der Waals surface area contributed by atoms with E-state index < -0.39 is 0 Å². The molecule has 2 N–H and O–H groups in total. The van der Waals surface area contributed by atoms with Gasteiger partial charge in [0.2, 0.25) is 0 Å². The summed E-state index contributed by atoms with van der Waals surface area (Å²) in [5.74, 6) is 0. The molecular formula is C10H13IN2O. The number of hydrogen-bond acceptors (Lipinski definition) is 3. The Morgan fingerprint density at radius 1 is 1.29 bits per heavy atom. The summed E-state index contributed by atoms with van der Waals surface area (Å²) in [5, 5.41) is 0. The summed E-state index contributed by atoms with van der Waals surface area (Å²) in [7, 11) is 0. The Balaban J connectivity index is 2.18. The van der Waals surface area contributed by atoms with Gasteiger partial charge in [0.05, 0.1) is 13.2 Å². The second-order valence-electron chi connectivity index (χ2n) is 3.31. The predicted octanol–water partition coefficient (Wildman–Crippen LogP) is 1.71. The first-order valence-corrected chi connectivity index (χ1v) is 5.73. The van der Waals surface area contributed by atoms with Gasteiger partial charge in [0, 0.05) is 28.0 Å². The molecule has 1 fully saturated rings. The molecule has 2 rings (SSSR count). The van der Waals surface area contributed by atoms with E-state index in [1.54, 1.807) is 0 Å². The van der Waals surface area contributed by atoms with Gasteiger partial charge in [0.1, 0.15) is 0 Å². The summed E-state index contributed by atoms with van der Waals surface area (Å²) in [5.41, 5.74) is 7.86. The predicted molar refractivity (Wildman–Crippen MR) is 66.6 cm³/mol. The minimum atomic E-state index is 0.820. The number of hydrogen-bond donors (Lipinski definition) is 1. The SMILES string of the molecule is Nc1ccc(N2CCOCC2)cc1I. The van der Waals surface area contributed by atoms with Crippen LogP contribution >= 0.6 is 22.6 Å². The molecule has 0 atom stereocenters. The largest absolute Gasteiger partial charge is 0.398 e. The van der Waals surface area contributed by atoms with Crippen LogP contribution in [0.1, 0.15) is 0 Å². The summed E-state index contributed by atoms with van der Waals surface area (Å²) in [4.78, 5) is 2.32. The highest BCUT2D eigenvalue weighted by Gasteiger charge is 2.11. The number of rotatable bonds is 1. The zero-order valence-electron chi connectivity index (χ0n) is 7.87. The smallest absolute Gasteiger partial charge is 0.0642 e. The van der Waals surface area contributed by atoms with Crippen molar-refractivity contribution in [3.8, 4) is 0 Å². The number of anilines is 2. The van der Waals surface area contributed by atoms with Crippen LogP contribution in [-0.4, -0.2) is 26.3 Å². The van der Waals surface area contributed by atoms with Crippen LogP contribution in [0.15, 0.2) is 18.2 Å². The molecule has 1 saturated heterocycles. The van der Waals surface area contributed by atoms with Crippen molar-refractivity contribution in [1.82, 2.24) is 0 Å². The molecule has 0 bridgehead atoms. The van der Waals surface area contributed by atoms with E-state index in [2.05, 4.69) is 39.6 Å². The minimum Gasteiger partial charge on any atom is -0.398 e. The lowest BCUT2D eigenvalue weighted by Gasteiger charge is -2.29. The third-order valence-corrected chi connectivity index (χ3v) is 3.29. The minimum absolute atomic E-state index is 0.820. The third kappa shape index (κ3) is 2.12. The molecule has 0 aromatic heterocycles. The van der Waals surface area contributed by atoms with Crippen molar-refractivity contribution in [3.63, 3.8) is 0 Å². The maximum atomic E-state index is 5.77. The first-order chi connectivity index (χ1) is 6.77. The van der Waals surface area contributed by atoms with E-state index in [1.807, 2.05) is 6.07 Å². The average Bonchev–Trinajstić information content (AvgIpc) is 2.23. The fourth-order valence-corrected chi connectivity index (χ4v) is 2.03. The molecule has 0 spiro atoms. The lowest BCUT2D eigenvalue weighted by Crippen LogP contribution is -2.36. The van der Waals surface area contributed by atoms with Crippen LogP contribution in [0.2, 0.25) is 0 Å². The molecule has 0 amide bonds. The summed E-state index contributed by atoms with van der Waals surface area (Å²) in [6, 6.07) is 6.16. The van der Waals surface area contributed by atoms with E-state index >= 15 is 0 Å². The number of halogens is 1. The van der Waals surface area contributed by atoms with Gasteiger partial charge in [-0.05, 0) is 40.8 Å². The molecule has 76 valence electrons. The van der Waals surface area contributed by atoms with E-state index in [-0.39, 0.29) is 0 Å². The number of nitrogens with zero attached hydrogens (tertiary/aromatic N) is 1. The highest BCUT2D eigenvalue weighted by Crippen LogP contribution is 2.23. The van der Waals surface area contributed by atoms with Gasteiger partial charge in [0.15, 0.2) is 0 Å². The average molecular weight is 304 g/mol. The normalized spacial score (nSPS) is 17.1. The molecule has 1 aromatic carbocycles. The number of benzene rings is 1. The van der Waals surface area contributed by atoms with Gasteiger partial charge >= 0.3 is 0 Å². The van der Waals surface area contributed by atoms with Crippen molar-refractivity contribution < 1.29 is 4.74 Å². The lowest BCUT2D eigenvalue weighted by molar-refractivity contribution is 0.122. The van der Waals surface area contributed by atoms with E-state index in [9.17, 15) is 0 Å². The van der Waals surface area contributed by atoms with Gasteiger partial charge < -0.3 is 15.4 Å². The van der Waals surface area contributed by atoms with Crippen molar-refractivity contribution in [2.45, 2.75) is 0 Å². The molecule has 0 radical (unpaired) electrons. The van der Waals surface area contributed by atoms with Crippen LogP contribution in [0.25, 0.3) is 0 Å². The topological polar surface area (TPSA) is 38.5 Å². The van der Waals surface area contributed by atoms with Crippen LogP contribution in [0.4, 0.5) is 11.4 Å². The fourth-order valence-electron chi connectivity index (χ4n) is 1.53. The van der Waals surface area contributed by atoms with Crippen LogP contribution in [0, 0.1) is 3.57 Å². The van der Waals surface area contributed by atoms with Gasteiger partial charge in [0.25, 0.3) is 0 Å². The van der Waals surface area contributed by atoms with Crippen LogP contribution < -0.4 is 10.6 Å². The van der Waals surface area contributed by atoms with Crippen molar-refractivity contribution in [3.05, 3.63) is 21.8 Å². The number of nitrogens with two attached hydrogens (primary N) is 1. The van der Waals surface area contributed by atoms with Crippen molar-refractivity contribution in [1.29, 1.82) is 0 Å². The molecule has 1 aliphatic rings. The lowest BCUT2D eigenvalue weighted by atomic mass is 10.2. The Hall–Kier alpha value is -0.490. The molecule has 1 aromatic rings. The molecular weight excluding hydrogens is 291 g/mol. The molecule has 0 unspecified atom stereocenters. The van der Waals surface area contributed by atoms with Gasteiger partial charge in [-0.3, -0.25) is 0 Å². The molecule has 0 aliphatic carbocycles. The molecule has 1 heterocycles. The van der Waals surface area contributed by atoms with Gasteiger partial charge in [-0.15, -0.1) is 0 Å². The van der Waals surface area contributed by atoms with Gasteiger partial charge in [-0.25, -0.2) is 0 Å². The third-order valence-electron chi connectivity index (χ3n) is 2.36. The Labute approximate surface area is 97.4 Å². The van der Waals surface area contributed by atoms with Gasteiger partial charge in [-0.1, -0.05) is 0 Å². The standard InChI is InChI=1S/C10H13IN2O/c11-9-7-8(1-2-10(9)12)13-3-5-14-6-4-13/h1-2,7H,3-6,12H2. The van der Waals surface area contributed by atoms with E-state index in [4.69, 9.17) is 10.5 Å². The summed E-state index contributed by atoms with van der Waals surface area (Å²) in [6.07, 6.45) is 0. The van der Waals surface area contributed by atoms with Crippen LogP contribution in [-0.2, 0) is 4.74 Å². The molecule has 4 heteroatoms. The second-order valence-corrected chi connectivity index (χ2v) is 4.47. The first-order valence-electron chi connectivity index (χ1n) is 4.65. The Bertz CT molecular complexity index is 324. The van der Waals surface area contributed by atoms with Crippen LogP contribution in [0.3, 0.4) is 0 Å². The maximum absolute atomic E-state index is 5.77. The number of nitrogen functional groups attached to an aromatic ring is 1. The van der Waals surface area contributed by atoms with Crippen molar-refractivity contribution in [2.75, 3.05) is 36.9 Å². The molecule has 14 heavy (non-hydrogen) atoms. The zero-order valence-corrected chi connectivity index (χ0v) is 10.0. The Kier molecular flexibility index (Phi) is 3.12.